The van der Waals surface area contributed by atoms with Gasteiger partial charge in [-0.15, -0.1) is 0 Å². The van der Waals surface area contributed by atoms with Gasteiger partial charge in [-0.05, 0) is 18.2 Å². The van der Waals surface area contributed by atoms with Crippen LogP contribution < -0.4 is 5.32 Å². The van der Waals surface area contributed by atoms with Gasteiger partial charge >= 0.3 is 6.18 Å². The summed E-state index contributed by atoms with van der Waals surface area (Å²) in [4.78, 5) is 4.18. The lowest BCUT2D eigenvalue weighted by Gasteiger charge is -2.06. The minimum Gasteiger partial charge on any atom is -0.444 e. The van der Waals surface area contributed by atoms with Crippen LogP contribution in [0.15, 0.2) is 34.9 Å². The maximum Gasteiger partial charge on any atom is 0.416 e. The molecule has 0 radical (unpaired) electrons. The van der Waals surface area contributed by atoms with Gasteiger partial charge in [-0.2, -0.15) is 13.2 Å². The van der Waals surface area contributed by atoms with E-state index in [1.165, 1.54) is 12.3 Å². The highest BCUT2D eigenvalue weighted by atomic mass is 19.4. The Balaban J connectivity index is 2.20. The molecule has 20 heavy (non-hydrogen) atoms. The van der Waals surface area contributed by atoms with Crippen molar-refractivity contribution in [1.82, 2.24) is 10.3 Å². The molecule has 0 atom stereocenters. The molecule has 0 spiro atoms. The topological polar surface area (TPSA) is 38.1 Å². The standard InChI is InChI=1S/C14H15F3N2O/c1-9(2)18-7-12-8-20-13(19-12)10-4-3-5-11(6-10)14(15,16)17/h3-6,8-9,18H,7H2,1-2H3. The fraction of sp³-hybridized carbons (Fsp3) is 0.357. The van der Waals surface area contributed by atoms with E-state index >= 15 is 0 Å². The van der Waals surface area contributed by atoms with E-state index in [0.29, 0.717) is 23.8 Å². The van der Waals surface area contributed by atoms with E-state index in [9.17, 15) is 13.2 Å². The van der Waals surface area contributed by atoms with Gasteiger partial charge in [0.05, 0.1) is 11.3 Å². The maximum atomic E-state index is 12.6. The first-order chi connectivity index (χ1) is 9.36. The summed E-state index contributed by atoms with van der Waals surface area (Å²) in [6.07, 6.45) is -2.92. The third-order valence-electron chi connectivity index (χ3n) is 2.68. The molecule has 0 saturated heterocycles. The number of nitrogens with one attached hydrogen (secondary N) is 1. The highest BCUT2D eigenvalue weighted by Gasteiger charge is 2.30. The molecule has 6 heteroatoms. The number of aromatic nitrogens is 1. The van der Waals surface area contributed by atoms with E-state index < -0.39 is 11.7 Å². The van der Waals surface area contributed by atoms with E-state index in [0.717, 1.165) is 12.1 Å². The van der Waals surface area contributed by atoms with Crippen LogP contribution in [-0.4, -0.2) is 11.0 Å². The van der Waals surface area contributed by atoms with Crippen molar-refractivity contribution < 1.29 is 17.6 Å². The monoisotopic (exact) mass is 284 g/mol. The smallest absolute Gasteiger partial charge is 0.416 e. The molecular formula is C14H15F3N2O. The van der Waals surface area contributed by atoms with E-state index in [-0.39, 0.29) is 5.89 Å². The summed E-state index contributed by atoms with van der Waals surface area (Å²) in [6.45, 7) is 4.50. The maximum absolute atomic E-state index is 12.6. The van der Waals surface area contributed by atoms with Crippen LogP contribution in [0, 0.1) is 0 Å². The van der Waals surface area contributed by atoms with Crippen LogP contribution in [0.3, 0.4) is 0 Å². The molecule has 0 fully saturated rings. The first-order valence-electron chi connectivity index (χ1n) is 6.21. The van der Waals surface area contributed by atoms with Gasteiger partial charge in [0.15, 0.2) is 0 Å². The van der Waals surface area contributed by atoms with E-state index in [2.05, 4.69) is 10.3 Å². The van der Waals surface area contributed by atoms with Gasteiger partial charge < -0.3 is 9.73 Å². The molecule has 0 amide bonds. The number of halogens is 3. The van der Waals surface area contributed by atoms with Crippen LogP contribution in [0.5, 0.6) is 0 Å². The Labute approximate surface area is 114 Å². The molecule has 0 aliphatic rings. The summed E-state index contributed by atoms with van der Waals surface area (Å²) in [7, 11) is 0. The number of rotatable bonds is 4. The Morgan fingerprint density at radius 2 is 2.05 bits per heavy atom. The third-order valence-corrected chi connectivity index (χ3v) is 2.68. The zero-order valence-corrected chi connectivity index (χ0v) is 11.2. The van der Waals surface area contributed by atoms with Crippen LogP contribution in [0.25, 0.3) is 11.5 Å². The van der Waals surface area contributed by atoms with Crippen molar-refractivity contribution in [2.24, 2.45) is 0 Å². The lowest BCUT2D eigenvalue weighted by Crippen LogP contribution is -2.21. The Morgan fingerprint density at radius 1 is 1.30 bits per heavy atom. The van der Waals surface area contributed by atoms with Crippen molar-refractivity contribution in [3.05, 3.63) is 41.8 Å². The summed E-state index contributed by atoms with van der Waals surface area (Å²) in [6, 6.07) is 5.23. The number of nitrogens with zero attached hydrogens (tertiary/aromatic N) is 1. The summed E-state index contributed by atoms with van der Waals surface area (Å²) in [5.74, 6) is 0.191. The van der Waals surface area contributed by atoms with Crippen LogP contribution in [-0.2, 0) is 12.7 Å². The molecule has 1 aromatic heterocycles. The minimum absolute atomic E-state index is 0.191. The number of benzene rings is 1. The zero-order valence-electron chi connectivity index (χ0n) is 11.2. The molecule has 2 aromatic rings. The first-order valence-corrected chi connectivity index (χ1v) is 6.21. The Hall–Kier alpha value is -1.82. The molecule has 3 nitrogen and oxygen atoms in total. The molecule has 0 bridgehead atoms. The van der Waals surface area contributed by atoms with E-state index in [1.54, 1.807) is 6.07 Å². The van der Waals surface area contributed by atoms with Gasteiger partial charge in [0.1, 0.15) is 6.26 Å². The largest absolute Gasteiger partial charge is 0.444 e. The minimum atomic E-state index is -4.37. The number of hydrogen-bond acceptors (Lipinski definition) is 3. The van der Waals surface area contributed by atoms with Gasteiger partial charge in [-0.3, -0.25) is 0 Å². The fourth-order valence-electron chi connectivity index (χ4n) is 1.66. The highest BCUT2D eigenvalue weighted by molar-refractivity contribution is 5.54. The van der Waals surface area contributed by atoms with Gasteiger partial charge in [0, 0.05) is 18.2 Å². The highest BCUT2D eigenvalue weighted by Crippen LogP contribution is 2.31. The molecule has 1 heterocycles. The zero-order chi connectivity index (χ0) is 14.8. The van der Waals surface area contributed by atoms with Crippen LogP contribution in [0.1, 0.15) is 25.1 Å². The molecule has 0 saturated carbocycles. The predicted molar refractivity (Wildman–Crippen MR) is 68.9 cm³/mol. The normalized spacial score (nSPS) is 12.1. The molecule has 1 aromatic carbocycles. The third kappa shape index (κ3) is 3.60. The predicted octanol–water partition coefficient (Wildman–Crippen LogP) is 3.86. The quantitative estimate of drug-likeness (QED) is 0.926. The lowest BCUT2D eigenvalue weighted by atomic mass is 10.1. The van der Waals surface area contributed by atoms with Crippen molar-refractivity contribution in [1.29, 1.82) is 0 Å². The van der Waals surface area contributed by atoms with Gasteiger partial charge in [0.2, 0.25) is 5.89 Å². The Kier molecular flexibility index (Phi) is 4.13. The molecule has 108 valence electrons. The summed E-state index contributed by atoms with van der Waals surface area (Å²) in [5, 5.41) is 3.16. The van der Waals surface area contributed by atoms with Gasteiger partial charge in [-0.25, -0.2) is 4.98 Å². The van der Waals surface area contributed by atoms with E-state index in [1.807, 2.05) is 13.8 Å². The van der Waals surface area contributed by atoms with Crippen LogP contribution in [0.4, 0.5) is 13.2 Å². The van der Waals surface area contributed by atoms with Crippen molar-refractivity contribution >= 4 is 0 Å². The molecule has 0 aliphatic heterocycles. The van der Waals surface area contributed by atoms with Crippen molar-refractivity contribution in [2.45, 2.75) is 32.6 Å². The summed E-state index contributed by atoms with van der Waals surface area (Å²) in [5.41, 5.74) is 0.261. The molecule has 0 aliphatic carbocycles. The Bertz CT molecular complexity index is 576. The number of oxazole rings is 1. The van der Waals surface area contributed by atoms with Crippen LogP contribution >= 0.6 is 0 Å². The van der Waals surface area contributed by atoms with E-state index in [4.69, 9.17) is 4.42 Å². The summed E-state index contributed by atoms with van der Waals surface area (Å²) < 4.78 is 43.1. The number of hydrogen-bond donors (Lipinski definition) is 1. The molecule has 0 unspecified atom stereocenters. The average Bonchev–Trinajstić information content (AvgIpc) is 2.84. The number of alkyl halides is 3. The second-order valence-corrected chi connectivity index (χ2v) is 4.76. The van der Waals surface area contributed by atoms with Gasteiger partial charge in [-0.1, -0.05) is 19.9 Å². The fourth-order valence-corrected chi connectivity index (χ4v) is 1.66. The molecule has 1 N–H and O–H groups in total. The molecular weight excluding hydrogens is 269 g/mol. The second-order valence-electron chi connectivity index (χ2n) is 4.76. The van der Waals surface area contributed by atoms with Crippen LogP contribution in [0.2, 0.25) is 0 Å². The lowest BCUT2D eigenvalue weighted by molar-refractivity contribution is -0.137. The summed E-state index contributed by atoms with van der Waals surface area (Å²) >= 11 is 0. The second kappa shape index (κ2) is 5.66. The Morgan fingerprint density at radius 3 is 2.70 bits per heavy atom. The molecule has 2 rings (SSSR count). The van der Waals surface area contributed by atoms with Crippen molar-refractivity contribution in [3.63, 3.8) is 0 Å². The van der Waals surface area contributed by atoms with Crippen molar-refractivity contribution in [3.8, 4) is 11.5 Å². The first kappa shape index (κ1) is 14.6. The van der Waals surface area contributed by atoms with Crippen molar-refractivity contribution in [2.75, 3.05) is 0 Å². The van der Waals surface area contributed by atoms with Gasteiger partial charge in [0.25, 0.3) is 0 Å². The average molecular weight is 284 g/mol. The SMILES string of the molecule is CC(C)NCc1coc(-c2cccc(C(F)(F)F)c2)n1.